The molecule has 3 heteroatoms. The number of rotatable bonds is 5. The summed E-state index contributed by atoms with van der Waals surface area (Å²) in [6, 6.07) is 11.9. The van der Waals surface area contributed by atoms with Crippen LogP contribution < -0.4 is 5.32 Å². The second-order valence-electron chi connectivity index (χ2n) is 5.60. The van der Waals surface area contributed by atoms with E-state index in [1.54, 1.807) is 18.2 Å². The van der Waals surface area contributed by atoms with Crippen LogP contribution in [0.4, 0.5) is 4.39 Å². The van der Waals surface area contributed by atoms with Gasteiger partial charge in [0.1, 0.15) is 5.82 Å². The second kappa shape index (κ2) is 7.06. The second-order valence-corrected chi connectivity index (χ2v) is 6.01. The van der Waals surface area contributed by atoms with E-state index < -0.39 is 0 Å². The first-order valence-corrected chi connectivity index (χ1v) is 7.54. The molecule has 1 atom stereocenters. The average Bonchev–Trinajstić information content (AvgIpc) is 2.42. The Morgan fingerprint density at radius 2 is 1.76 bits per heavy atom. The molecule has 0 aliphatic rings. The summed E-state index contributed by atoms with van der Waals surface area (Å²) < 4.78 is 14.0. The summed E-state index contributed by atoms with van der Waals surface area (Å²) in [5, 5.41) is 3.46. The minimum Gasteiger partial charge on any atom is -0.316 e. The summed E-state index contributed by atoms with van der Waals surface area (Å²) in [6.45, 7) is 4.20. The van der Waals surface area contributed by atoms with Crippen LogP contribution in [0.2, 0.25) is 5.02 Å². The largest absolute Gasteiger partial charge is 0.316 e. The summed E-state index contributed by atoms with van der Waals surface area (Å²) >= 11 is 5.85. The van der Waals surface area contributed by atoms with Crippen molar-refractivity contribution in [3.05, 3.63) is 69.5 Å². The van der Waals surface area contributed by atoms with Crippen LogP contribution in [0.1, 0.15) is 22.3 Å². The van der Waals surface area contributed by atoms with E-state index in [0.29, 0.717) is 12.0 Å². The molecule has 0 bridgehead atoms. The van der Waals surface area contributed by atoms with Crippen LogP contribution >= 0.6 is 11.6 Å². The third kappa shape index (κ3) is 4.29. The van der Waals surface area contributed by atoms with Crippen LogP contribution in [0.15, 0.2) is 36.4 Å². The molecule has 0 aliphatic carbocycles. The highest BCUT2D eigenvalue weighted by Crippen LogP contribution is 2.20. The van der Waals surface area contributed by atoms with Gasteiger partial charge in [-0.05, 0) is 50.9 Å². The lowest BCUT2D eigenvalue weighted by Gasteiger charge is -2.18. The van der Waals surface area contributed by atoms with Gasteiger partial charge in [-0.25, -0.2) is 4.39 Å². The van der Waals surface area contributed by atoms with Gasteiger partial charge in [0.2, 0.25) is 0 Å². The van der Waals surface area contributed by atoms with Crippen molar-refractivity contribution in [3.8, 4) is 0 Å². The molecule has 0 fully saturated rings. The van der Waals surface area contributed by atoms with Crippen LogP contribution in [0.25, 0.3) is 0 Å². The number of aryl methyl sites for hydroxylation is 2. The van der Waals surface area contributed by atoms with Crippen LogP contribution in [0, 0.1) is 19.7 Å². The summed E-state index contributed by atoms with van der Waals surface area (Å²) in [7, 11) is 1.91. The first kappa shape index (κ1) is 16.0. The first-order valence-electron chi connectivity index (χ1n) is 7.17. The topological polar surface area (TPSA) is 12.0 Å². The molecule has 0 radical (unpaired) electrons. The van der Waals surface area contributed by atoms with E-state index >= 15 is 0 Å². The predicted molar refractivity (Wildman–Crippen MR) is 87.6 cm³/mol. The van der Waals surface area contributed by atoms with Crippen molar-refractivity contribution in [3.63, 3.8) is 0 Å². The molecule has 21 heavy (non-hydrogen) atoms. The van der Waals surface area contributed by atoms with Crippen molar-refractivity contribution in [1.82, 2.24) is 5.32 Å². The molecule has 0 aliphatic heterocycles. The molecule has 0 saturated heterocycles. The molecule has 0 saturated carbocycles. The maximum atomic E-state index is 14.0. The van der Waals surface area contributed by atoms with Gasteiger partial charge in [-0.1, -0.05) is 53.1 Å². The summed E-state index contributed by atoms with van der Waals surface area (Å²) in [4.78, 5) is 0. The lowest BCUT2D eigenvalue weighted by Crippen LogP contribution is -2.30. The normalized spacial score (nSPS) is 12.4. The predicted octanol–water partition coefficient (Wildman–Crippen LogP) is 4.47. The molecule has 0 amide bonds. The van der Waals surface area contributed by atoms with Crippen LogP contribution in [0.5, 0.6) is 0 Å². The third-order valence-electron chi connectivity index (χ3n) is 3.67. The number of halogens is 2. The average molecular weight is 306 g/mol. The van der Waals surface area contributed by atoms with Crippen LogP contribution in [0.3, 0.4) is 0 Å². The Morgan fingerprint density at radius 1 is 1.10 bits per heavy atom. The fourth-order valence-corrected chi connectivity index (χ4v) is 2.91. The van der Waals surface area contributed by atoms with Gasteiger partial charge in [0.25, 0.3) is 0 Å². The van der Waals surface area contributed by atoms with E-state index in [0.717, 1.165) is 6.42 Å². The van der Waals surface area contributed by atoms with Gasteiger partial charge in [0.15, 0.2) is 0 Å². The highest BCUT2D eigenvalue weighted by molar-refractivity contribution is 6.30. The van der Waals surface area contributed by atoms with Crippen LogP contribution in [-0.2, 0) is 12.8 Å². The van der Waals surface area contributed by atoms with Crippen molar-refractivity contribution in [2.75, 3.05) is 7.05 Å². The molecule has 1 nitrogen and oxygen atoms in total. The Labute approximate surface area is 131 Å². The Balaban J connectivity index is 2.15. The molecule has 0 spiro atoms. The fourth-order valence-electron chi connectivity index (χ4n) is 2.72. The van der Waals surface area contributed by atoms with Gasteiger partial charge in [-0.15, -0.1) is 0 Å². The smallest absolute Gasteiger partial charge is 0.145 e. The number of hydrogen-bond donors (Lipinski definition) is 1. The lowest BCUT2D eigenvalue weighted by atomic mass is 9.96. The summed E-state index contributed by atoms with van der Waals surface area (Å²) in [5.41, 5.74) is 4.45. The van der Waals surface area contributed by atoms with Gasteiger partial charge >= 0.3 is 0 Å². The highest BCUT2D eigenvalue weighted by Gasteiger charge is 2.13. The van der Waals surface area contributed by atoms with Crippen LogP contribution in [-0.4, -0.2) is 13.1 Å². The maximum Gasteiger partial charge on any atom is 0.145 e. The van der Waals surface area contributed by atoms with E-state index in [1.165, 1.54) is 16.7 Å². The molecule has 0 heterocycles. The third-order valence-corrected chi connectivity index (χ3v) is 3.96. The van der Waals surface area contributed by atoms with Gasteiger partial charge in [0.05, 0.1) is 5.02 Å². The zero-order chi connectivity index (χ0) is 15.4. The first-order chi connectivity index (χ1) is 9.99. The zero-order valence-corrected chi connectivity index (χ0v) is 13.5. The Kier molecular flexibility index (Phi) is 5.38. The fraction of sp³-hybridized carbons (Fsp3) is 0.333. The minimum absolute atomic E-state index is 0.180. The van der Waals surface area contributed by atoms with E-state index in [4.69, 9.17) is 11.6 Å². The molecule has 2 aromatic rings. The molecule has 112 valence electrons. The Hall–Kier alpha value is -1.38. The lowest BCUT2D eigenvalue weighted by molar-refractivity contribution is 0.532. The zero-order valence-electron chi connectivity index (χ0n) is 12.7. The van der Waals surface area contributed by atoms with E-state index in [1.807, 2.05) is 7.05 Å². The van der Waals surface area contributed by atoms with Crippen molar-refractivity contribution in [2.45, 2.75) is 32.7 Å². The van der Waals surface area contributed by atoms with Gasteiger partial charge in [-0.2, -0.15) is 0 Å². The standard InChI is InChI=1S/C18H21ClFN/c1-12-7-13(2)9-14(8-12)10-16(21-3)11-15-5-4-6-17(19)18(15)20/h4-9,16,21H,10-11H2,1-3H3. The molecule has 1 N–H and O–H groups in total. The molecule has 0 aromatic heterocycles. The van der Waals surface area contributed by atoms with Gasteiger partial charge in [-0.3, -0.25) is 0 Å². The van der Waals surface area contributed by atoms with E-state index in [-0.39, 0.29) is 16.9 Å². The van der Waals surface area contributed by atoms with Crippen molar-refractivity contribution in [2.24, 2.45) is 0 Å². The maximum absolute atomic E-state index is 14.0. The quantitative estimate of drug-likeness (QED) is 0.859. The van der Waals surface area contributed by atoms with E-state index in [9.17, 15) is 4.39 Å². The molecule has 2 aromatic carbocycles. The Morgan fingerprint density at radius 3 is 2.38 bits per heavy atom. The van der Waals surface area contributed by atoms with Gasteiger partial charge < -0.3 is 5.32 Å². The number of benzene rings is 2. The Bertz CT molecular complexity index is 604. The molecule has 2 rings (SSSR count). The van der Waals surface area contributed by atoms with Gasteiger partial charge in [0, 0.05) is 6.04 Å². The molecular formula is C18H21ClFN. The van der Waals surface area contributed by atoms with E-state index in [2.05, 4.69) is 37.4 Å². The molecule has 1 unspecified atom stereocenters. The number of nitrogens with one attached hydrogen (secondary N) is 1. The minimum atomic E-state index is -0.306. The van der Waals surface area contributed by atoms with Crippen molar-refractivity contribution >= 4 is 11.6 Å². The summed E-state index contributed by atoms with van der Waals surface area (Å²) in [5.74, 6) is -0.306. The number of hydrogen-bond acceptors (Lipinski definition) is 1. The summed E-state index contributed by atoms with van der Waals surface area (Å²) in [6.07, 6.45) is 1.49. The van der Waals surface area contributed by atoms with Crippen molar-refractivity contribution in [1.29, 1.82) is 0 Å². The number of likely N-dealkylation sites (N-methyl/N-ethyl adjacent to an activating group) is 1. The molecular weight excluding hydrogens is 285 g/mol. The van der Waals surface area contributed by atoms with Crippen molar-refractivity contribution < 1.29 is 4.39 Å². The highest BCUT2D eigenvalue weighted by atomic mass is 35.5. The monoisotopic (exact) mass is 305 g/mol. The SMILES string of the molecule is CNC(Cc1cc(C)cc(C)c1)Cc1cccc(Cl)c1F.